The Labute approximate surface area is 114 Å². The fourth-order valence-corrected chi connectivity index (χ4v) is 1.82. The Hall–Kier alpha value is -2.31. The van der Waals surface area contributed by atoms with Gasteiger partial charge in [-0.3, -0.25) is 9.59 Å². The number of hydrogen-bond donors (Lipinski definition) is 2. The van der Waals surface area contributed by atoms with E-state index < -0.39 is 11.6 Å². The molecule has 5 nitrogen and oxygen atoms in total. The molecule has 1 aromatic carbocycles. The van der Waals surface area contributed by atoms with Crippen molar-refractivity contribution in [2.24, 2.45) is 5.10 Å². The number of hydrazone groups is 1. The second-order valence-electron chi connectivity index (χ2n) is 4.38. The van der Waals surface area contributed by atoms with E-state index in [-0.39, 0.29) is 36.9 Å². The minimum absolute atomic E-state index is 0.224. The van der Waals surface area contributed by atoms with Gasteiger partial charge in [0.15, 0.2) is 0 Å². The normalized spacial score (nSPS) is 14.5. The van der Waals surface area contributed by atoms with E-state index >= 15 is 0 Å². The number of nitrogens with zero attached hydrogens (tertiary/aromatic N) is 1. The molecule has 2 rings (SSSR count). The summed E-state index contributed by atoms with van der Waals surface area (Å²) in [6.45, 7) is 0.231. The maximum atomic E-state index is 13.0. The number of carbonyl (C=O) groups is 2. The Kier molecular flexibility index (Phi) is 4.39. The lowest BCUT2D eigenvalue weighted by atomic mass is 10.1. The molecule has 0 spiro atoms. The van der Waals surface area contributed by atoms with E-state index in [1.54, 1.807) is 0 Å². The van der Waals surface area contributed by atoms with Gasteiger partial charge in [0, 0.05) is 25.5 Å². The van der Waals surface area contributed by atoms with Crippen LogP contribution < -0.4 is 10.7 Å². The molecule has 1 aliphatic rings. The molecule has 0 fully saturated rings. The third-order valence-corrected chi connectivity index (χ3v) is 2.79. The number of benzene rings is 1. The Balaban J connectivity index is 1.83. The highest BCUT2D eigenvalue weighted by molar-refractivity contribution is 6.39. The monoisotopic (exact) mass is 281 g/mol. The average Bonchev–Trinajstić information content (AvgIpc) is 2.38. The number of amides is 2. The number of carbonyl (C=O) groups excluding carboxylic acids is 2. The summed E-state index contributed by atoms with van der Waals surface area (Å²) in [5.74, 6) is -1.91. The lowest BCUT2D eigenvalue weighted by molar-refractivity contribution is -0.121. The number of halogens is 2. The molecule has 0 atom stereocenters. The lowest BCUT2D eigenvalue weighted by Gasteiger charge is -2.11. The molecule has 7 heteroatoms. The Morgan fingerprint density at radius 3 is 2.55 bits per heavy atom. The van der Waals surface area contributed by atoms with E-state index in [4.69, 9.17) is 0 Å². The van der Waals surface area contributed by atoms with Gasteiger partial charge in [-0.2, -0.15) is 5.10 Å². The van der Waals surface area contributed by atoms with Crippen LogP contribution in [-0.4, -0.2) is 24.1 Å². The molecule has 0 radical (unpaired) electrons. The number of hydrogen-bond acceptors (Lipinski definition) is 3. The van der Waals surface area contributed by atoms with Crippen molar-refractivity contribution >= 4 is 17.5 Å². The summed E-state index contributed by atoms with van der Waals surface area (Å²) < 4.78 is 25.9. The van der Waals surface area contributed by atoms with Crippen LogP contribution in [0.1, 0.15) is 18.4 Å². The topological polar surface area (TPSA) is 70.6 Å². The molecule has 0 saturated carbocycles. The molecule has 2 amide bonds. The van der Waals surface area contributed by atoms with Crippen LogP contribution in [0.4, 0.5) is 8.78 Å². The van der Waals surface area contributed by atoms with Gasteiger partial charge in [0.25, 0.3) is 5.91 Å². The standard InChI is InChI=1S/C13H13F2N3O2/c14-9-5-8(6-10(15)7-9)3-4-16-13(20)11-1-2-12(19)18-17-11/h5-7H,1-4H2,(H,16,20)(H,18,19). The fourth-order valence-electron chi connectivity index (χ4n) is 1.82. The van der Waals surface area contributed by atoms with Crippen LogP contribution in [0.3, 0.4) is 0 Å². The zero-order valence-electron chi connectivity index (χ0n) is 10.6. The van der Waals surface area contributed by atoms with Gasteiger partial charge in [0.1, 0.15) is 17.3 Å². The largest absolute Gasteiger partial charge is 0.351 e. The fraction of sp³-hybridized carbons (Fsp3) is 0.308. The minimum Gasteiger partial charge on any atom is -0.351 e. The van der Waals surface area contributed by atoms with Crippen LogP contribution in [0, 0.1) is 11.6 Å². The summed E-state index contributed by atoms with van der Waals surface area (Å²) in [5.41, 5.74) is 2.93. The van der Waals surface area contributed by atoms with Crippen LogP contribution >= 0.6 is 0 Å². The third kappa shape index (κ3) is 3.84. The first kappa shape index (κ1) is 14.1. The van der Waals surface area contributed by atoms with E-state index in [1.165, 1.54) is 12.1 Å². The molecular formula is C13H13F2N3O2. The van der Waals surface area contributed by atoms with Crippen molar-refractivity contribution in [3.63, 3.8) is 0 Å². The molecule has 1 aliphatic heterocycles. The Morgan fingerprint density at radius 2 is 1.95 bits per heavy atom. The zero-order chi connectivity index (χ0) is 14.5. The highest BCUT2D eigenvalue weighted by atomic mass is 19.1. The van der Waals surface area contributed by atoms with Crippen LogP contribution in [0.5, 0.6) is 0 Å². The van der Waals surface area contributed by atoms with Crippen molar-refractivity contribution < 1.29 is 18.4 Å². The van der Waals surface area contributed by atoms with Gasteiger partial charge in [-0.25, -0.2) is 14.2 Å². The Bertz CT molecular complexity index is 552. The van der Waals surface area contributed by atoms with E-state index in [0.717, 1.165) is 6.07 Å². The first-order chi connectivity index (χ1) is 9.54. The van der Waals surface area contributed by atoms with Crippen molar-refractivity contribution in [3.05, 3.63) is 35.4 Å². The predicted octanol–water partition coefficient (Wildman–Crippen LogP) is 0.889. The zero-order valence-corrected chi connectivity index (χ0v) is 10.6. The molecule has 20 heavy (non-hydrogen) atoms. The van der Waals surface area contributed by atoms with E-state index in [1.807, 2.05) is 0 Å². The molecule has 0 saturated heterocycles. The van der Waals surface area contributed by atoms with E-state index in [0.29, 0.717) is 12.0 Å². The van der Waals surface area contributed by atoms with Gasteiger partial charge in [0.05, 0.1) is 0 Å². The van der Waals surface area contributed by atoms with Crippen molar-refractivity contribution in [1.29, 1.82) is 0 Å². The van der Waals surface area contributed by atoms with Crippen molar-refractivity contribution in [2.75, 3.05) is 6.54 Å². The minimum atomic E-state index is -0.648. The molecule has 106 valence electrons. The van der Waals surface area contributed by atoms with Crippen LogP contribution in [0.2, 0.25) is 0 Å². The smallest absolute Gasteiger partial charge is 0.267 e. The van der Waals surface area contributed by atoms with Gasteiger partial charge >= 0.3 is 0 Å². The predicted molar refractivity (Wildman–Crippen MR) is 67.9 cm³/mol. The molecule has 0 bridgehead atoms. The van der Waals surface area contributed by atoms with Crippen LogP contribution in [0.25, 0.3) is 0 Å². The number of rotatable bonds is 4. The highest BCUT2D eigenvalue weighted by Gasteiger charge is 2.17. The average molecular weight is 281 g/mol. The summed E-state index contributed by atoms with van der Waals surface area (Å²) in [4.78, 5) is 22.6. The molecule has 0 aliphatic carbocycles. The third-order valence-electron chi connectivity index (χ3n) is 2.79. The molecule has 1 aromatic rings. The second kappa shape index (κ2) is 6.23. The van der Waals surface area contributed by atoms with Crippen LogP contribution in [0.15, 0.2) is 23.3 Å². The van der Waals surface area contributed by atoms with Gasteiger partial charge < -0.3 is 5.32 Å². The van der Waals surface area contributed by atoms with Crippen molar-refractivity contribution in [3.8, 4) is 0 Å². The maximum absolute atomic E-state index is 13.0. The van der Waals surface area contributed by atoms with E-state index in [2.05, 4.69) is 15.8 Å². The van der Waals surface area contributed by atoms with Crippen molar-refractivity contribution in [1.82, 2.24) is 10.7 Å². The summed E-state index contributed by atoms with van der Waals surface area (Å²) in [6.07, 6.45) is 0.813. The molecule has 1 heterocycles. The lowest BCUT2D eigenvalue weighted by Crippen LogP contribution is -2.37. The first-order valence-electron chi connectivity index (χ1n) is 6.13. The van der Waals surface area contributed by atoms with Crippen LogP contribution in [-0.2, 0) is 16.0 Å². The second-order valence-corrected chi connectivity index (χ2v) is 4.38. The van der Waals surface area contributed by atoms with Gasteiger partial charge in [-0.05, 0) is 24.1 Å². The summed E-state index contributed by atoms with van der Waals surface area (Å²) in [7, 11) is 0. The van der Waals surface area contributed by atoms with Crippen molar-refractivity contribution in [2.45, 2.75) is 19.3 Å². The molecule has 0 aromatic heterocycles. The summed E-state index contributed by atoms with van der Waals surface area (Å²) in [5, 5.41) is 6.24. The highest BCUT2D eigenvalue weighted by Crippen LogP contribution is 2.08. The molecular weight excluding hydrogens is 268 g/mol. The molecule has 2 N–H and O–H groups in total. The molecule has 0 unspecified atom stereocenters. The first-order valence-corrected chi connectivity index (χ1v) is 6.13. The van der Waals surface area contributed by atoms with Gasteiger partial charge in [-0.1, -0.05) is 0 Å². The summed E-state index contributed by atoms with van der Waals surface area (Å²) >= 11 is 0. The van der Waals surface area contributed by atoms with Gasteiger partial charge in [0.2, 0.25) is 5.91 Å². The Morgan fingerprint density at radius 1 is 1.25 bits per heavy atom. The SMILES string of the molecule is O=C1CCC(C(=O)NCCc2cc(F)cc(F)c2)=NN1. The van der Waals surface area contributed by atoms with E-state index in [9.17, 15) is 18.4 Å². The quantitative estimate of drug-likeness (QED) is 0.860. The summed E-state index contributed by atoms with van der Waals surface area (Å²) in [6, 6.07) is 3.22. The number of nitrogens with one attached hydrogen (secondary N) is 2. The van der Waals surface area contributed by atoms with Gasteiger partial charge in [-0.15, -0.1) is 0 Å². The maximum Gasteiger partial charge on any atom is 0.267 e.